The van der Waals surface area contributed by atoms with Gasteiger partial charge in [0, 0.05) is 29.8 Å². The van der Waals surface area contributed by atoms with Gasteiger partial charge in [-0.2, -0.15) is 5.10 Å². The Morgan fingerprint density at radius 1 is 1.10 bits per heavy atom. The standard InChI is InChI=1S/C22H16N6O2/c1-2-27-18-8-7-13(9-14(18)11-23-27)17-10-20(29)28-21(25-17)15(12-24-28)22-26-16-5-3-4-6-19(16)30-22/h3-12,24H,2H2,1H3. The second-order valence-corrected chi connectivity index (χ2v) is 7.05. The third kappa shape index (κ3) is 2.40. The fourth-order valence-corrected chi connectivity index (χ4v) is 3.77. The zero-order chi connectivity index (χ0) is 20.2. The molecule has 6 rings (SSSR count). The number of para-hydroxylation sites is 2. The van der Waals surface area contributed by atoms with Gasteiger partial charge in [-0.1, -0.05) is 18.2 Å². The molecule has 146 valence electrons. The number of hydrogen-bond donors (Lipinski definition) is 1. The lowest BCUT2D eigenvalue weighted by molar-refractivity contribution is 0.620. The summed E-state index contributed by atoms with van der Waals surface area (Å²) in [5.74, 6) is 0.415. The SMILES string of the molecule is CCn1ncc2cc(-c3cc(=O)n4[nH]cc(-c5nc6ccccc6o5)c4n3)ccc21. The van der Waals surface area contributed by atoms with Crippen LogP contribution in [0.1, 0.15) is 6.92 Å². The van der Waals surface area contributed by atoms with E-state index in [1.807, 2.05) is 53.3 Å². The fraction of sp³-hybridized carbons (Fsp3) is 0.0909. The summed E-state index contributed by atoms with van der Waals surface area (Å²) in [6.07, 6.45) is 3.51. The zero-order valence-corrected chi connectivity index (χ0v) is 16.0. The van der Waals surface area contributed by atoms with E-state index >= 15 is 0 Å². The minimum absolute atomic E-state index is 0.207. The summed E-state index contributed by atoms with van der Waals surface area (Å²) in [7, 11) is 0. The summed E-state index contributed by atoms with van der Waals surface area (Å²) in [4.78, 5) is 22.0. The normalized spacial score (nSPS) is 11.8. The summed E-state index contributed by atoms with van der Waals surface area (Å²) >= 11 is 0. The highest BCUT2D eigenvalue weighted by Gasteiger charge is 2.17. The first kappa shape index (κ1) is 16.7. The van der Waals surface area contributed by atoms with Gasteiger partial charge < -0.3 is 4.42 Å². The lowest BCUT2D eigenvalue weighted by Crippen LogP contribution is -2.14. The highest BCUT2D eigenvalue weighted by Crippen LogP contribution is 2.28. The maximum Gasteiger partial charge on any atom is 0.273 e. The van der Waals surface area contributed by atoms with Crippen LogP contribution >= 0.6 is 0 Å². The topological polar surface area (TPSA) is 94.0 Å². The molecule has 4 aromatic heterocycles. The lowest BCUT2D eigenvalue weighted by atomic mass is 10.1. The van der Waals surface area contributed by atoms with E-state index in [9.17, 15) is 4.79 Å². The van der Waals surface area contributed by atoms with Gasteiger partial charge >= 0.3 is 0 Å². The Kier molecular flexibility index (Phi) is 3.43. The van der Waals surface area contributed by atoms with Crippen molar-refractivity contribution in [2.24, 2.45) is 0 Å². The highest BCUT2D eigenvalue weighted by atomic mass is 16.3. The molecule has 0 radical (unpaired) electrons. The Hall–Kier alpha value is -4.20. The maximum absolute atomic E-state index is 12.7. The average Bonchev–Trinajstić information content (AvgIpc) is 3.48. The number of aromatic nitrogens is 6. The van der Waals surface area contributed by atoms with Crippen LogP contribution < -0.4 is 5.56 Å². The number of nitrogens with one attached hydrogen (secondary N) is 1. The van der Waals surface area contributed by atoms with Crippen LogP contribution in [0.15, 0.2) is 70.1 Å². The predicted molar refractivity (Wildman–Crippen MR) is 113 cm³/mol. The van der Waals surface area contributed by atoms with Gasteiger partial charge in [0.05, 0.1) is 23.0 Å². The van der Waals surface area contributed by atoms with E-state index in [1.54, 1.807) is 6.20 Å². The molecule has 0 fully saturated rings. The molecule has 8 nitrogen and oxygen atoms in total. The van der Waals surface area contributed by atoms with Crippen molar-refractivity contribution in [2.45, 2.75) is 13.5 Å². The molecule has 0 saturated heterocycles. The van der Waals surface area contributed by atoms with E-state index in [0.717, 1.165) is 28.5 Å². The Morgan fingerprint density at radius 3 is 2.87 bits per heavy atom. The molecule has 0 amide bonds. The molecular formula is C22H16N6O2. The van der Waals surface area contributed by atoms with Crippen molar-refractivity contribution >= 4 is 27.6 Å². The molecule has 0 atom stereocenters. The fourth-order valence-electron chi connectivity index (χ4n) is 3.77. The first-order valence-electron chi connectivity index (χ1n) is 9.64. The first-order valence-corrected chi connectivity index (χ1v) is 9.64. The van der Waals surface area contributed by atoms with Gasteiger partial charge in [-0.15, -0.1) is 0 Å². The van der Waals surface area contributed by atoms with Crippen LogP contribution in [0.2, 0.25) is 0 Å². The predicted octanol–water partition coefficient (Wildman–Crippen LogP) is 3.87. The van der Waals surface area contributed by atoms with Crippen molar-refractivity contribution in [3.8, 4) is 22.7 Å². The van der Waals surface area contributed by atoms with E-state index in [1.165, 1.54) is 10.6 Å². The van der Waals surface area contributed by atoms with Gasteiger partial charge in [-0.05, 0) is 31.2 Å². The largest absolute Gasteiger partial charge is 0.436 e. The van der Waals surface area contributed by atoms with Crippen molar-refractivity contribution in [3.05, 3.63) is 71.3 Å². The molecule has 8 heteroatoms. The first-order chi connectivity index (χ1) is 14.7. The molecular weight excluding hydrogens is 380 g/mol. The summed E-state index contributed by atoms with van der Waals surface area (Å²) < 4.78 is 9.20. The summed E-state index contributed by atoms with van der Waals surface area (Å²) in [6, 6.07) is 15.0. The molecule has 2 aromatic carbocycles. The van der Waals surface area contributed by atoms with Crippen molar-refractivity contribution in [1.29, 1.82) is 0 Å². The average molecular weight is 396 g/mol. The van der Waals surface area contributed by atoms with E-state index in [0.29, 0.717) is 28.4 Å². The highest BCUT2D eigenvalue weighted by molar-refractivity contribution is 5.85. The number of nitrogens with zero attached hydrogens (tertiary/aromatic N) is 5. The Bertz CT molecular complexity index is 1580. The molecule has 0 unspecified atom stereocenters. The molecule has 0 saturated carbocycles. The van der Waals surface area contributed by atoms with Gasteiger partial charge in [0.2, 0.25) is 5.89 Å². The van der Waals surface area contributed by atoms with Gasteiger partial charge in [-0.3, -0.25) is 14.6 Å². The second-order valence-electron chi connectivity index (χ2n) is 7.05. The summed E-state index contributed by atoms with van der Waals surface area (Å²) in [5, 5.41) is 8.34. The van der Waals surface area contributed by atoms with E-state index in [4.69, 9.17) is 9.40 Å². The molecule has 4 heterocycles. The van der Waals surface area contributed by atoms with Gasteiger partial charge in [0.15, 0.2) is 11.2 Å². The summed E-state index contributed by atoms with van der Waals surface area (Å²) in [6.45, 7) is 2.85. The lowest BCUT2D eigenvalue weighted by Gasteiger charge is -2.04. The van der Waals surface area contributed by atoms with Crippen LogP contribution in [0.25, 0.3) is 50.4 Å². The molecule has 30 heavy (non-hydrogen) atoms. The van der Waals surface area contributed by atoms with Crippen LogP contribution in [0.5, 0.6) is 0 Å². The molecule has 1 N–H and O–H groups in total. The van der Waals surface area contributed by atoms with Gasteiger partial charge in [-0.25, -0.2) is 14.5 Å². The van der Waals surface area contributed by atoms with Crippen LogP contribution in [0, 0.1) is 0 Å². The van der Waals surface area contributed by atoms with Crippen molar-refractivity contribution in [2.75, 3.05) is 0 Å². The molecule has 0 aliphatic rings. The van der Waals surface area contributed by atoms with Gasteiger partial charge in [0.25, 0.3) is 5.56 Å². The minimum atomic E-state index is -0.207. The molecule has 6 aromatic rings. The molecule has 0 aliphatic heterocycles. The maximum atomic E-state index is 12.7. The van der Waals surface area contributed by atoms with E-state index < -0.39 is 0 Å². The van der Waals surface area contributed by atoms with Crippen LogP contribution in [-0.2, 0) is 6.54 Å². The second kappa shape index (κ2) is 6.15. The van der Waals surface area contributed by atoms with Crippen LogP contribution in [-0.4, -0.2) is 29.4 Å². The molecule has 0 spiro atoms. The Morgan fingerprint density at radius 2 is 2.00 bits per heavy atom. The Balaban J connectivity index is 1.54. The smallest absolute Gasteiger partial charge is 0.273 e. The van der Waals surface area contributed by atoms with Crippen LogP contribution in [0.3, 0.4) is 0 Å². The van der Waals surface area contributed by atoms with E-state index in [2.05, 4.69) is 22.1 Å². The number of aryl methyl sites for hydroxylation is 1. The third-order valence-electron chi connectivity index (χ3n) is 5.26. The molecule has 0 aliphatic carbocycles. The number of aromatic amines is 1. The number of hydrogen-bond acceptors (Lipinski definition) is 5. The van der Waals surface area contributed by atoms with Crippen molar-refractivity contribution in [3.63, 3.8) is 0 Å². The van der Waals surface area contributed by atoms with Crippen LogP contribution in [0.4, 0.5) is 0 Å². The monoisotopic (exact) mass is 396 g/mol. The number of benzene rings is 2. The quantitative estimate of drug-likeness (QED) is 0.490. The zero-order valence-electron chi connectivity index (χ0n) is 16.0. The van der Waals surface area contributed by atoms with E-state index in [-0.39, 0.29) is 5.56 Å². The number of fused-ring (bicyclic) bond motifs is 3. The van der Waals surface area contributed by atoms with Crippen molar-refractivity contribution in [1.82, 2.24) is 29.4 Å². The summed E-state index contributed by atoms with van der Waals surface area (Å²) in [5.41, 5.74) is 4.81. The minimum Gasteiger partial charge on any atom is -0.436 e. The number of rotatable bonds is 3. The number of oxazole rings is 1. The Labute approximate surface area is 169 Å². The third-order valence-corrected chi connectivity index (χ3v) is 5.26. The van der Waals surface area contributed by atoms with Crippen molar-refractivity contribution < 1.29 is 4.42 Å². The van der Waals surface area contributed by atoms with Gasteiger partial charge in [0.1, 0.15) is 5.52 Å². The molecule has 0 bridgehead atoms. The number of H-pyrrole nitrogens is 1.